The second-order valence-electron chi connectivity index (χ2n) is 3.95. The first kappa shape index (κ1) is 12.0. The molecule has 0 saturated carbocycles. The van der Waals surface area contributed by atoms with Crippen LogP contribution >= 0.6 is 0 Å². The topological polar surface area (TPSA) is 29.5 Å². The minimum Gasteiger partial charge on any atom is -0.496 e. The summed E-state index contributed by atoms with van der Waals surface area (Å²) in [6.07, 6.45) is -0.655. The standard InChI is InChI=1S/C12H17FO2/c1-7(2)9-5-10(8(3)14)12(15-4)6-11(9)13/h5-8,14H,1-4H3. The van der Waals surface area contributed by atoms with Crippen molar-refractivity contribution in [1.29, 1.82) is 0 Å². The SMILES string of the molecule is COc1cc(F)c(C(C)C)cc1C(C)O. The number of halogens is 1. The van der Waals surface area contributed by atoms with E-state index in [1.54, 1.807) is 13.0 Å². The average Bonchev–Trinajstić information content (AvgIpc) is 2.16. The molecule has 0 heterocycles. The summed E-state index contributed by atoms with van der Waals surface area (Å²) < 4.78 is 18.6. The van der Waals surface area contributed by atoms with E-state index in [-0.39, 0.29) is 11.7 Å². The molecule has 0 radical (unpaired) electrons. The highest BCUT2D eigenvalue weighted by Crippen LogP contribution is 2.31. The zero-order valence-corrected chi connectivity index (χ0v) is 9.54. The highest BCUT2D eigenvalue weighted by molar-refractivity contribution is 5.40. The molecule has 1 aromatic carbocycles. The molecule has 1 rings (SSSR count). The summed E-state index contributed by atoms with van der Waals surface area (Å²) in [7, 11) is 1.47. The molecule has 0 spiro atoms. The van der Waals surface area contributed by atoms with Crippen molar-refractivity contribution < 1.29 is 14.2 Å². The number of ether oxygens (including phenoxy) is 1. The van der Waals surface area contributed by atoms with Gasteiger partial charge in [-0.05, 0) is 24.5 Å². The zero-order chi connectivity index (χ0) is 11.6. The van der Waals surface area contributed by atoms with Crippen LogP contribution in [0.4, 0.5) is 4.39 Å². The van der Waals surface area contributed by atoms with E-state index < -0.39 is 6.10 Å². The largest absolute Gasteiger partial charge is 0.496 e. The van der Waals surface area contributed by atoms with Crippen LogP contribution in [0.15, 0.2) is 12.1 Å². The van der Waals surface area contributed by atoms with E-state index in [9.17, 15) is 9.50 Å². The van der Waals surface area contributed by atoms with Gasteiger partial charge in [-0.1, -0.05) is 13.8 Å². The summed E-state index contributed by atoms with van der Waals surface area (Å²) in [6, 6.07) is 3.00. The summed E-state index contributed by atoms with van der Waals surface area (Å²) in [6.45, 7) is 5.47. The Morgan fingerprint density at radius 3 is 2.20 bits per heavy atom. The van der Waals surface area contributed by atoms with Crippen LogP contribution in [0.25, 0.3) is 0 Å². The maximum Gasteiger partial charge on any atom is 0.130 e. The lowest BCUT2D eigenvalue weighted by atomic mass is 9.97. The van der Waals surface area contributed by atoms with Crippen molar-refractivity contribution in [2.75, 3.05) is 7.11 Å². The van der Waals surface area contributed by atoms with Gasteiger partial charge in [0.15, 0.2) is 0 Å². The Labute approximate surface area is 89.7 Å². The van der Waals surface area contributed by atoms with Gasteiger partial charge in [0.1, 0.15) is 11.6 Å². The van der Waals surface area contributed by atoms with Crippen LogP contribution in [0.1, 0.15) is 43.9 Å². The molecule has 2 nitrogen and oxygen atoms in total. The zero-order valence-electron chi connectivity index (χ0n) is 9.54. The number of aliphatic hydroxyl groups is 1. The molecule has 0 aliphatic rings. The molecule has 1 unspecified atom stereocenters. The predicted octanol–water partition coefficient (Wildman–Crippen LogP) is 3.01. The molecule has 0 bridgehead atoms. The van der Waals surface area contributed by atoms with E-state index in [0.29, 0.717) is 16.9 Å². The van der Waals surface area contributed by atoms with Gasteiger partial charge < -0.3 is 9.84 Å². The highest BCUT2D eigenvalue weighted by Gasteiger charge is 2.15. The molecular weight excluding hydrogens is 195 g/mol. The Balaban J connectivity index is 3.30. The molecule has 15 heavy (non-hydrogen) atoms. The quantitative estimate of drug-likeness (QED) is 0.834. The lowest BCUT2D eigenvalue weighted by molar-refractivity contribution is 0.194. The third-order valence-corrected chi connectivity index (χ3v) is 2.42. The molecule has 0 amide bonds. The summed E-state index contributed by atoms with van der Waals surface area (Å²) in [4.78, 5) is 0. The van der Waals surface area contributed by atoms with E-state index in [1.165, 1.54) is 13.2 Å². The van der Waals surface area contributed by atoms with Crippen molar-refractivity contribution in [3.63, 3.8) is 0 Å². The second-order valence-corrected chi connectivity index (χ2v) is 3.95. The Kier molecular flexibility index (Phi) is 3.69. The predicted molar refractivity (Wildman–Crippen MR) is 57.7 cm³/mol. The molecule has 1 atom stereocenters. The number of hydrogen-bond donors (Lipinski definition) is 1. The summed E-state index contributed by atoms with van der Waals surface area (Å²) >= 11 is 0. The minimum absolute atomic E-state index is 0.0911. The molecule has 0 aliphatic carbocycles. The smallest absolute Gasteiger partial charge is 0.130 e. The number of rotatable bonds is 3. The molecule has 0 aliphatic heterocycles. The van der Waals surface area contributed by atoms with Crippen molar-refractivity contribution in [1.82, 2.24) is 0 Å². The first-order valence-electron chi connectivity index (χ1n) is 5.02. The van der Waals surface area contributed by atoms with Gasteiger partial charge in [-0.3, -0.25) is 0 Å². The van der Waals surface area contributed by atoms with Gasteiger partial charge in [0.25, 0.3) is 0 Å². The number of benzene rings is 1. The molecule has 0 fully saturated rings. The molecular formula is C12H17FO2. The van der Waals surface area contributed by atoms with Gasteiger partial charge in [-0.25, -0.2) is 4.39 Å². The highest BCUT2D eigenvalue weighted by atomic mass is 19.1. The monoisotopic (exact) mass is 212 g/mol. The lowest BCUT2D eigenvalue weighted by Crippen LogP contribution is -2.02. The van der Waals surface area contributed by atoms with Crippen LogP contribution in [0.5, 0.6) is 5.75 Å². The summed E-state index contributed by atoms with van der Waals surface area (Å²) in [5.74, 6) is 0.201. The number of methoxy groups -OCH3 is 1. The summed E-state index contributed by atoms with van der Waals surface area (Å²) in [5.41, 5.74) is 1.23. The fraction of sp³-hybridized carbons (Fsp3) is 0.500. The van der Waals surface area contributed by atoms with Gasteiger partial charge in [-0.2, -0.15) is 0 Å². The molecule has 1 N–H and O–H groups in total. The van der Waals surface area contributed by atoms with Gasteiger partial charge in [0.2, 0.25) is 0 Å². The Morgan fingerprint density at radius 1 is 1.20 bits per heavy atom. The molecule has 84 valence electrons. The van der Waals surface area contributed by atoms with Crippen molar-refractivity contribution in [2.24, 2.45) is 0 Å². The van der Waals surface area contributed by atoms with Crippen molar-refractivity contribution in [2.45, 2.75) is 32.8 Å². The van der Waals surface area contributed by atoms with Gasteiger partial charge >= 0.3 is 0 Å². The van der Waals surface area contributed by atoms with Crippen molar-refractivity contribution in [3.8, 4) is 5.75 Å². The molecule has 0 aromatic heterocycles. The average molecular weight is 212 g/mol. The number of hydrogen-bond acceptors (Lipinski definition) is 2. The van der Waals surface area contributed by atoms with Crippen LogP contribution in [-0.2, 0) is 0 Å². The Bertz CT molecular complexity index is 346. The van der Waals surface area contributed by atoms with Gasteiger partial charge in [0.05, 0.1) is 13.2 Å². The van der Waals surface area contributed by atoms with Crippen molar-refractivity contribution >= 4 is 0 Å². The molecule has 3 heteroatoms. The van der Waals surface area contributed by atoms with Crippen molar-refractivity contribution in [3.05, 3.63) is 29.1 Å². The fourth-order valence-electron chi connectivity index (χ4n) is 1.54. The maximum absolute atomic E-state index is 13.6. The maximum atomic E-state index is 13.6. The Hall–Kier alpha value is -1.09. The van der Waals surface area contributed by atoms with Gasteiger partial charge in [0, 0.05) is 11.6 Å². The first-order chi connectivity index (χ1) is 6.97. The van der Waals surface area contributed by atoms with Crippen LogP contribution in [0.2, 0.25) is 0 Å². The van der Waals surface area contributed by atoms with Crippen LogP contribution in [0.3, 0.4) is 0 Å². The normalized spacial score (nSPS) is 13.0. The van der Waals surface area contributed by atoms with Gasteiger partial charge in [-0.15, -0.1) is 0 Å². The summed E-state index contributed by atoms with van der Waals surface area (Å²) in [5, 5.41) is 9.53. The van der Waals surface area contributed by atoms with E-state index in [4.69, 9.17) is 4.74 Å². The molecule has 0 saturated heterocycles. The fourth-order valence-corrected chi connectivity index (χ4v) is 1.54. The number of aliphatic hydroxyl groups excluding tert-OH is 1. The second kappa shape index (κ2) is 4.62. The lowest BCUT2D eigenvalue weighted by Gasteiger charge is -2.15. The third-order valence-electron chi connectivity index (χ3n) is 2.42. The first-order valence-corrected chi connectivity index (χ1v) is 5.02. The van der Waals surface area contributed by atoms with E-state index in [0.717, 1.165) is 0 Å². The van der Waals surface area contributed by atoms with E-state index in [1.807, 2.05) is 13.8 Å². The Morgan fingerprint density at radius 2 is 1.80 bits per heavy atom. The van der Waals surface area contributed by atoms with Crippen LogP contribution in [-0.4, -0.2) is 12.2 Å². The molecule has 1 aromatic rings. The minimum atomic E-state index is -0.655. The third kappa shape index (κ3) is 2.48. The van der Waals surface area contributed by atoms with Crippen LogP contribution in [0, 0.1) is 5.82 Å². The van der Waals surface area contributed by atoms with Crippen LogP contribution < -0.4 is 4.74 Å². The van der Waals surface area contributed by atoms with E-state index in [2.05, 4.69) is 0 Å². The van der Waals surface area contributed by atoms with E-state index >= 15 is 0 Å².